The van der Waals surface area contributed by atoms with Crippen molar-refractivity contribution < 1.29 is 4.74 Å². The first-order chi connectivity index (χ1) is 9.20. The number of ether oxygens (including phenoxy) is 1. The summed E-state index contributed by atoms with van der Waals surface area (Å²) in [5, 5.41) is 16.0. The third-order valence-corrected chi connectivity index (χ3v) is 2.98. The number of rotatable bonds is 5. The molecule has 1 aromatic carbocycles. The molecule has 2 rings (SSSR count). The van der Waals surface area contributed by atoms with Crippen molar-refractivity contribution in [3.05, 3.63) is 41.7 Å². The Labute approximate surface area is 112 Å². The number of anilines is 1. The largest absolute Gasteiger partial charge is 0.479 e. The van der Waals surface area contributed by atoms with Gasteiger partial charge in [-0.25, -0.2) is 0 Å². The minimum absolute atomic E-state index is 0.0711. The number of hydrogen-bond donors (Lipinski definition) is 1. The van der Waals surface area contributed by atoms with Crippen LogP contribution in [-0.4, -0.2) is 16.4 Å². The Morgan fingerprint density at radius 1 is 1.37 bits per heavy atom. The van der Waals surface area contributed by atoms with E-state index in [1.165, 1.54) is 5.56 Å². The Kier molecular flexibility index (Phi) is 4.04. The Morgan fingerprint density at radius 2 is 2.11 bits per heavy atom. The molecule has 0 radical (unpaired) electrons. The lowest BCUT2D eigenvalue weighted by Crippen LogP contribution is -2.01. The zero-order chi connectivity index (χ0) is 13.7. The molecule has 5 nitrogen and oxygen atoms in total. The Bertz CT molecular complexity index is 580. The Morgan fingerprint density at radius 3 is 2.68 bits per heavy atom. The first-order valence-corrected chi connectivity index (χ1v) is 6.02. The molecule has 98 valence electrons. The van der Waals surface area contributed by atoms with Gasteiger partial charge in [0, 0.05) is 30.5 Å². The highest BCUT2D eigenvalue weighted by Crippen LogP contribution is 2.17. The smallest absolute Gasteiger partial charge is 0.174 e. The van der Waals surface area contributed by atoms with Crippen molar-refractivity contribution in [2.24, 2.45) is 7.05 Å². The van der Waals surface area contributed by atoms with Crippen LogP contribution in [0.4, 0.5) is 5.69 Å². The van der Waals surface area contributed by atoms with Crippen molar-refractivity contribution in [3.63, 3.8) is 0 Å². The summed E-state index contributed by atoms with van der Waals surface area (Å²) in [5.74, 6) is 0.699. The molecule has 19 heavy (non-hydrogen) atoms. The predicted molar refractivity (Wildman–Crippen MR) is 72.8 cm³/mol. The van der Waals surface area contributed by atoms with Gasteiger partial charge in [-0.05, 0) is 31.2 Å². The van der Waals surface area contributed by atoms with E-state index in [2.05, 4.69) is 10.4 Å². The topological polar surface area (TPSA) is 62.9 Å². The van der Waals surface area contributed by atoms with E-state index in [1.54, 1.807) is 0 Å². The number of nitrogens with one attached hydrogen (secondary N) is 1. The van der Waals surface area contributed by atoms with Gasteiger partial charge in [-0.15, -0.1) is 0 Å². The molecule has 0 saturated carbocycles. The van der Waals surface area contributed by atoms with E-state index in [1.807, 2.05) is 55.2 Å². The summed E-state index contributed by atoms with van der Waals surface area (Å²) < 4.78 is 7.05. The lowest BCUT2D eigenvalue weighted by Gasteiger charge is -2.07. The molecule has 5 heteroatoms. The van der Waals surface area contributed by atoms with Crippen molar-refractivity contribution in [2.45, 2.75) is 13.5 Å². The summed E-state index contributed by atoms with van der Waals surface area (Å²) in [6.07, 6.45) is 1.87. The molecule has 0 spiro atoms. The van der Waals surface area contributed by atoms with Gasteiger partial charge < -0.3 is 10.1 Å². The summed E-state index contributed by atoms with van der Waals surface area (Å²) in [6.45, 7) is 2.85. The molecule has 2 aromatic rings. The second-order valence-electron chi connectivity index (χ2n) is 4.20. The van der Waals surface area contributed by atoms with Crippen LogP contribution in [0.15, 0.2) is 30.5 Å². The van der Waals surface area contributed by atoms with Crippen LogP contribution in [0.3, 0.4) is 0 Å². The average Bonchev–Trinajstić information content (AvgIpc) is 2.75. The number of aromatic nitrogens is 2. The molecule has 1 N–H and O–H groups in total. The van der Waals surface area contributed by atoms with Gasteiger partial charge in [-0.1, -0.05) is 0 Å². The summed E-state index contributed by atoms with van der Waals surface area (Å²) in [6, 6.07) is 9.48. The molecular weight excluding hydrogens is 240 g/mol. The number of aryl methyl sites for hydroxylation is 1. The van der Waals surface area contributed by atoms with Crippen LogP contribution in [0.5, 0.6) is 5.75 Å². The van der Waals surface area contributed by atoms with E-state index >= 15 is 0 Å². The van der Waals surface area contributed by atoms with Crippen molar-refractivity contribution in [1.82, 2.24) is 9.78 Å². The fraction of sp³-hybridized carbons (Fsp3) is 0.286. The Balaban J connectivity index is 1.93. The minimum Gasteiger partial charge on any atom is -0.479 e. The monoisotopic (exact) mass is 256 g/mol. The molecule has 0 aliphatic rings. The maximum absolute atomic E-state index is 8.43. The molecule has 0 unspecified atom stereocenters. The second-order valence-corrected chi connectivity index (χ2v) is 4.20. The third kappa shape index (κ3) is 3.26. The fourth-order valence-corrected chi connectivity index (χ4v) is 1.70. The van der Waals surface area contributed by atoms with E-state index in [0.29, 0.717) is 5.75 Å². The van der Waals surface area contributed by atoms with E-state index in [9.17, 15) is 0 Å². The number of nitriles is 1. The first kappa shape index (κ1) is 13.0. The van der Waals surface area contributed by atoms with Gasteiger partial charge in [0.25, 0.3) is 0 Å². The summed E-state index contributed by atoms with van der Waals surface area (Å²) in [5.41, 5.74) is 3.33. The van der Waals surface area contributed by atoms with Gasteiger partial charge >= 0.3 is 0 Å². The van der Waals surface area contributed by atoms with E-state index in [4.69, 9.17) is 10.00 Å². The summed E-state index contributed by atoms with van der Waals surface area (Å²) >= 11 is 0. The lowest BCUT2D eigenvalue weighted by molar-refractivity contribution is 0.368. The maximum Gasteiger partial charge on any atom is 0.174 e. The standard InChI is InChI=1S/C14H16N4O/c1-11-12(10-17-18(11)2)9-16-13-3-5-14(6-4-13)19-8-7-15/h3-6,10,16H,8-9H2,1-2H3. The van der Waals surface area contributed by atoms with E-state index in [-0.39, 0.29) is 6.61 Å². The van der Waals surface area contributed by atoms with Gasteiger partial charge in [0.05, 0.1) is 6.20 Å². The van der Waals surface area contributed by atoms with Crippen molar-refractivity contribution in [3.8, 4) is 11.8 Å². The van der Waals surface area contributed by atoms with Gasteiger partial charge in [0.2, 0.25) is 0 Å². The maximum atomic E-state index is 8.43. The molecule has 1 heterocycles. The highest BCUT2D eigenvalue weighted by atomic mass is 16.5. The number of benzene rings is 1. The Hall–Kier alpha value is -2.48. The summed E-state index contributed by atoms with van der Waals surface area (Å²) in [7, 11) is 1.93. The van der Waals surface area contributed by atoms with Crippen LogP contribution in [0.2, 0.25) is 0 Å². The zero-order valence-electron chi connectivity index (χ0n) is 11.1. The fourth-order valence-electron chi connectivity index (χ4n) is 1.70. The lowest BCUT2D eigenvalue weighted by atomic mass is 10.2. The molecular formula is C14H16N4O. The molecule has 0 aliphatic carbocycles. The average molecular weight is 256 g/mol. The number of nitrogens with zero attached hydrogens (tertiary/aromatic N) is 3. The van der Waals surface area contributed by atoms with Crippen LogP contribution in [0.25, 0.3) is 0 Å². The van der Waals surface area contributed by atoms with Gasteiger partial charge in [0.15, 0.2) is 6.61 Å². The van der Waals surface area contributed by atoms with E-state index < -0.39 is 0 Å². The minimum atomic E-state index is 0.0711. The van der Waals surface area contributed by atoms with Crippen molar-refractivity contribution in [2.75, 3.05) is 11.9 Å². The molecule has 0 amide bonds. The predicted octanol–water partition coefficient (Wildman–Crippen LogP) is 2.24. The van der Waals surface area contributed by atoms with Crippen LogP contribution >= 0.6 is 0 Å². The summed E-state index contributed by atoms with van der Waals surface area (Å²) in [4.78, 5) is 0. The molecule has 0 fully saturated rings. The zero-order valence-corrected chi connectivity index (χ0v) is 11.1. The SMILES string of the molecule is Cc1c(CNc2ccc(OCC#N)cc2)cnn1C. The van der Waals surface area contributed by atoms with Crippen LogP contribution in [0.1, 0.15) is 11.3 Å². The highest BCUT2D eigenvalue weighted by Gasteiger charge is 2.03. The number of hydrogen-bond acceptors (Lipinski definition) is 4. The van der Waals surface area contributed by atoms with E-state index in [0.717, 1.165) is 17.9 Å². The van der Waals surface area contributed by atoms with Crippen LogP contribution < -0.4 is 10.1 Å². The molecule has 0 aliphatic heterocycles. The van der Waals surface area contributed by atoms with Crippen LogP contribution in [-0.2, 0) is 13.6 Å². The van der Waals surface area contributed by atoms with Crippen molar-refractivity contribution in [1.29, 1.82) is 5.26 Å². The first-order valence-electron chi connectivity index (χ1n) is 6.02. The molecule has 1 aromatic heterocycles. The van der Waals surface area contributed by atoms with Crippen molar-refractivity contribution >= 4 is 5.69 Å². The molecule has 0 atom stereocenters. The highest BCUT2D eigenvalue weighted by molar-refractivity contribution is 5.46. The van der Waals surface area contributed by atoms with Gasteiger partial charge in [0.1, 0.15) is 11.8 Å². The molecule has 0 bridgehead atoms. The third-order valence-electron chi connectivity index (χ3n) is 2.98. The normalized spacial score (nSPS) is 9.95. The van der Waals surface area contributed by atoms with Gasteiger partial charge in [-0.2, -0.15) is 10.4 Å². The second kappa shape index (κ2) is 5.91. The van der Waals surface area contributed by atoms with Gasteiger partial charge in [-0.3, -0.25) is 4.68 Å². The van der Waals surface area contributed by atoms with Crippen LogP contribution in [0, 0.1) is 18.3 Å². The molecule has 0 saturated heterocycles. The quantitative estimate of drug-likeness (QED) is 0.891.